The molecule has 1 atom stereocenters. The lowest BCUT2D eigenvalue weighted by atomic mass is 10.1. The molecule has 1 unspecified atom stereocenters. The molecule has 7 heteroatoms. The van der Waals surface area contributed by atoms with Crippen molar-refractivity contribution >= 4 is 28.4 Å². The van der Waals surface area contributed by atoms with Crippen molar-refractivity contribution in [3.8, 4) is 0 Å². The lowest BCUT2D eigenvalue weighted by Gasteiger charge is -2.17. The van der Waals surface area contributed by atoms with Gasteiger partial charge in [0.05, 0.1) is 23.2 Å². The number of amides is 2. The zero-order valence-corrected chi connectivity index (χ0v) is 13.9. The first-order valence-corrected chi connectivity index (χ1v) is 8.39. The van der Waals surface area contributed by atoms with Gasteiger partial charge in [-0.05, 0) is 36.8 Å². The molecule has 1 aliphatic heterocycles. The number of benzene rings is 2. The molecule has 2 heterocycles. The van der Waals surface area contributed by atoms with Crippen LogP contribution in [0.4, 0.5) is 10.1 Å². The molecule has 6 nitrogen and oxygen atoms in total. The number of nitrogens with one attached hydrogen (secondary N) is 2. The summed E-state index contributed by atoms with van der Waals surface area (Å²) in [6.07, 6.45) is 2.25. The average Bonchev–Trinajstić information content (AvgIpc) is 3.30. The highest BCUT2D eigenvalue weighted by Crippen LogP contribution is 2.23. The molecule has 3 aromatic rings. The lowest BCUT2D eigenvalue weighted by Crippen LogP contribution is -2.32. The van der Waals surface area contributed by atoms with Crippen LogP contribution in [0.5, 0.6) is 0 Å². The molecule has 2 N–H and O–H groups in total. The molecular weight excluding hydrogens is 335 g/mol. The van der Waals surface area contributed by atoms with Crippen LogP contribution in [0, 0.1) is 11.7 Å². The van der Waals surface area contributed by atoms with Gasteiger partial charge in [-0.3, -0.25) is 14.7 Å². The number of hydrogen-bond donors (Lipinski definition) is 2. The normalized spacial score (nSPS) is 16.8. The lowest BCUT2D eigenvalue weighted by molar-refractivity contribution is -0.119. The molecule has 26 heavy (non-hydrogen) atoms. The molecule has 0 saturated carbocycles. The molecule has 2 amide bonds. The number of carbonyl (C=O) groups excluding carboxylic acids is 2. The molecule has 0 spiro atoms. The Hall–Kier alpha value is -3.22. The molecule has 1 fully saturated rings. The van der Waals surface area contributed by atoms with Gasteiger partial charge in [-0.1, -0.05) is 12.1 Å². The van der Waals surface area contributed by atoms with Gasteiger partial charge in [0.25, 0.3) is 5.91 Å². The number of carbonyl (C=O) groups is 2. The summed E-state index contributed by atoms with van der Waals surface area (Å²) in [5, 5.41) is 10.6. The Kier molecular flexibility index (Phi) is 4.12. The Morgan fingerprint density at radius 3 is 2.92 bits per heavy atom. The zero-order valence-electron chi connectivity index (χ0n) is 13.9. The van der Waals surface area contributed by atoms with Crippen molar-refractivity contribution in [1.82, 2.24) is 15.1 Å². The summed E-state index contributed by atoms with van der Waals surface area (Å²) in [7, 11) is 0. The van der Waals surface area contributed by atoms with E-state index in [0.717, 1.165) is 10.9 Å². The Morgan fingerprint density at radius 1 is 1.23 bits per heavy atom. The minimum atomic E-state index is -0.543. The summed E-state index contributed by atoms with van der Waals surface area (Å²) in [6.45, 7) is 0.721. The van der Waals surface area contributed by atoms with Crippen LogP contribution in [0.25, 0.3) is 10.9 Å². The number of hydrogen-bond acceptors (Lipinski definition) is 3. The molecular formula is C19H17FN4O2. The summed E-state index contributed by atoms with van der Waals surface area (Å²) in [4.78, 5) is 26.5. The van der Waals surface area contributed by atoms with Crippen molar-refractivity contribution < 1.29 is 14.0 Å². The first-order chi connectivity index (χ1) is 12.6. The number of anilines is 1. The van der Waals surface area contributed by atoms with E-state index in [9.17, 15) is 14.0 Å². The monoisotopic (exact) mass is 352 g/mol. The molecule has 0 bridgehead atoms. The number of aromatic amines is 1. The van der Waals surface area contributed by atoms with Gasteiger partial charge < -0.3 is 10.2 Å². The molecule has 4 rings (SSSR count). The van der Waals surface area contributed by atoms with E-state index in [0.29, 0.717) is 18.7 Å². The maximum atomic E-state index is 13.8. The second kappa shape index (κ2) is 6.59. The van der Waals surface area contributed by atoms with E-state index in [1.54, 1.807) is 24.4 Å². The number of H-pyrrole nitrogens is 1. The summed E-state index contributed by atoms with van der Waals surface area (Å²) in [6, 6.07) is 11.4. The molecule has 0 radical (unpaired) electrons. The van der Waals surface area contributed by atoms with Crippen LogP contribution in [0.15, 0.2) is 48.7 Å². The van der Waals surface area contributed by atoms with E-state index < -0.39 is 5.82 Å². The highest BCUT2D eigenvalue weighted by atomic mass is 19.1. The van der Waals surface area contributed by atoms with Gasteiger partial charge in [0.1, 0.15) is 5.82 Å². The Balaban J connectivity index is 1.42. The minimum absolute atomic E-state index is 0.0407. The van der Waals surface area contributed by atoms with Gasteiger partial charge in [-0.25, -0.2) is 4.39 Å². The number of fused-ring (bicyclic) bond motifs is 1. The number of rotatable bonds is 3. The van der Waals surface area contributed by atoms with E-state index >= 15 is 0 Å². The van der Waals surface area contributed by atoms with Gasteiger partial charge in [0.2, 0.25) is 5.91 Å². The largest absolute Gasteiger partial charge is 0.338 e. The highest BCUT2D eigenvalue weighted by molar-refractivity contribution is 5.97. The highest BCUT2D eigenvalue weighted by Gasteiger charge is 2.32. The number of halogens is 1. The molecule has 1 aromatic heterocycles. The first-order valence-electron chi connectivity index (χ1n) is 8.39. The fraction of sp³-hybridized carbons (Fsp3) is 0.211. The molecule has 1 aliphatic rings. The van der Waals surface area contributed by atoms with Crippen LogP contribution < -0.4 is 5.32 Å². The Labute approximate surface area is 149 Å². The second-order valence-electron chi connectivity index (χ2n) is 6.38. The number of likely N-dealkylation sites (tertiary alicyclic amines) is 1. The quantitative estimate of drug-likeness (QED) is 0.761. The third-order valence-corrected chi connectivity index (χ3v) is 4.66. The number of aromatic nitrogens is 2. The fourth-order valence-corrected chi connectivity index (χ4v) is 3.23. The van der Waals surface area contributed by atoms with Crippen molar-refractivity contribution in [2.45, 2.75) is 6.42 Å². The maximum Gasteiger partial charge on any atom is 0.256 e. The van der Waals surface area contributed by atoms with Crippen LogP contribution in [-0.4, -0.2) is 40.0 Å². The zero-order chi connectivity index (χ0) is 18.1. The van der Waals surface area contributed by atoms with Gasteiger partial charge in [-0.15, -0.1) is 0 Å². The van der Waals surface area contributed by atoms with Gasteiger partial charge in [-0.2, -0.15) is 5.10 Å². The van der Waals surface area contributed by atoms with Crippen LogP contribution in [0.1, 0.15) is 16.8 Å². The Morgan fingerprint density at radius 2 is 2.08 bits per heavy atom. The van der Waals surface area contributed by atoms with Crippen LogP contribution in [0.3, 0.4) is 0 Å². The molecule has 0 aliphatic carbocycles. The summed E-state index contributed by atoms with van der Waals surface area (Å²) in [5.74, 6) is -1.38. The SMILES string of the molecule is O=C(Nc1ccc2[nH]ncc2c1)C1CCN(C(=O)c2ccccc2F)C1. The van der Waals surface area contributed by atoms with Crippen molar-refractivity contribution in [3.05, 3.63) is 60.0 Å². The summed E-state index contributed by atoms with van der Waals surface area (Å²) >= 11 is 0. The standard InChI is InChI=1S/C19H17FN4O2/c20-16-4-2-1-3-15(16)19(26)24-8-7-12(11-24)18(25)22-14-5-6-17-13(9-14)10-21-23-17/h1-6,9-10,12H,7-8,11H2,(H,21,23)(H,22,25). The van der Waals surface area contributed by atoms with Crippen LogP contribution >= 0.6 is 0 Å². The van der Waals surface area contributed by atoms with E-state index in [4.69, 9.17) is 0 Å². The maximum absolute atomic E-state index is 13.8. The topological polar surface area (TPSA) is 78.1 Å². The predicted octanol–water partition coefficient (Wildman–Crippen LogP) is 2.80. The summed E-state index contributed by atoms with van der Waals surface area (Å²) < 4.78 is 13.8. The van der Waals surface area contributed by atoms with Crippen molar-refractivity contribution in [2.75, 3.05) is 18.4 Å². The Bertz CT molecular complexity index is 984. The summed E-state index contributed by atoms with van der Waals surface area (Å²) in [5.41, 5.74) is 1.62. The minimum Gasteiger partial charge on any atom is -0.338 e. The van der Waals surface area contributed by atoms with Crippen molar-refractivity contribution in [3.63, 3.8) is 0 Å². The molecule has 132 valence electrons. The smallest absolute Gasteiger partial charge is 0.256 e. The molecule has 2 aromatic carbocycles. The second-order valence-corrected chi connectivity index (χ2v) is 6.38. The van der Waals surface area contributed by atoms with Crippen molar-refractivity contribution in [2.24, 2.45) is 5.92 Å². The van der Waals surface area contributed by atoms with E-state index in [1.165, 1.54) is 17.0 Å². The number of nitrogens with zero attached hydrogens (tertiary/aromatic N) is 2. The predicted molar refractivity (Wildman–Crippen MR) is 95.1 cm³/mol. The third-order valence-electron chi connectivity index (χ3n) is 4.66. The van der Waals surface area contributed by atoms with Crippen LogP contribution in [-0.2, 0) is 4.79 Å². The third kappa shape index (κ3) is 3.03. The van der Waals surface area contributed by atoms with E-state index in [-0.39, 0.29) is 29.8 Å². The van der Waals surface area contributed by atoms with Gasteiger partial charge >= 0.3 is 0 Å². The fourth-order valence-electron chi connectivity index (χ4n) is 3.23. The molecule has 1 saturated heterocycles. The van der Waals surface area contributed by atoms with Gasteiger partial charge in [0.15, 0.2) is 0 Å². The van der Waals surface area contributed by atoms with E-state index in [1.807, 2.05) is 12.1 Å². The van der Waals surface area contributed by atoms with Crippen LogP contribution in [0.2, 0.25) is 0 Å². The van der Waals surface area contributed by atoms with Gasteiger partial charge in [0, 0.05) is 24.2 Å². The van der Waals surface area contributed by atoms with Crippen molar-refractivity contribution in [1.29, 1.82) is 0 Å². The first kappa shape index (κ1) is 16.3. The van der Waals surface area contributed by atoms with E-state index in [2.05, 4.69) is 15.5 Å². The average molecular weight is 352 g/mol.